The Labute approximate surface area is 208 Å². The molecule has 5 rings (SSSR count). The molecule has 0 N–H and O–H groups in total. The van der Waals surface area contributed by atoms with Gasteiger partial charge in [0.15, 0.2) is 0 Å². The molecule has 0 saturated carbocycles. The molecule has 0 spiro atoms. The highest BCUT2D eigenvalue weighted by atomic mass is 35.5. The Morgan fingerprint density at radius 2 is 1.74 bits per heavy atom. The Bertz CT molecular complexity index is 996. The lowest BCUT2D eigenvalue weighted by Gasteiger charge is -2.40. The van der Waals surface area contributed by atoms with Gasteiger partial charge in [-0.25, -0.2) is 13.2 Å². The summed E-state index contributed by atoms with van der Waals surface area (Å²) in [6, 6.07) is 4.84. The molecule has 4 aliphatic heterocycles. The minimum atomic E-state index is -3.61. The third kappa shape index (κ3) is 4.84. The number of hydrogen-bond acceptors (Lipinski definition) is 5. The summed E-state index contributed by atoms with van der Waals surface area (Å²) in [7, 11) is -3.61. The number of carbonyl (C=O) groups excluding carboxylic acids is 1. The van der Waals surface area contributed by atoms with E-state index in [-0.39, 0.29) is 24.8 Å². The Morgan fingerprint density at radius 1 is 0.971 bits per heavy atom. The zero-order valence-corrected chi connectivity index (χ0v) is 21.4. The van der Waals surface area contributed by atoms with Gasteiger partial charge in [0, 0.05) is 24.2 Å². The van der Waals surface area contributed by atoms with Crippen molar-refractivity contribution in [1.82, 2.24) is 14.1 Å². The first-order valence-corrected chi connectivity index (χ1v) is 14.8. The minimum Gasteiger partial charge on any atom is -0.448 e. The summed E-state index contributed by atoms with van der Waals surface area (Å²) in [5.41, 5.74) is 0.774. The van der Waals surface area contributed by atoms with Crippen molar-refractivity contribution in [2.24, 2.45) is 0 Å². The van der Waals surface area contributed by atoms with E-state index in [9.17, 15) is 13.2 Å². The normalized spacial score (nSPS) is 30.1. The van der Waals surface area contributed by atoms with Crippen LogP contribution in [0, 0.1) is 0 Å². The molecular formula is C25H36ClN3O4S. The van der Waals surface area contributed by atoms with Crippen LogP contribution < -0.4 is 0 Å². The molecule has 1 unspecified atom stereocenters. The average molecular weight is 510 g/mol. The number of piperidine rings is 2. The van der Waals surface area contributed by atoms with Crippen LogP contribution in [0.4, 0.5) is 4.79 Å². The molecule has 7 nitrogen and oxygen atoms in total. The molecule has 3 atom stereocenters. The van der Waals surface area contributed by atoms with Crippen LogP contribution in [0.15, 0.2) is 23.1 Å². The molecule has 1 amide bonds. The van der Waals surface area contributed by atoms with E-state index in [0.29, 0.717) is 35.5 Å². The number of likely N-dealkylation sites (tertiary alicyclic amines) is 2. The van der Waals surface area contributed by atoms with E-state index < -0.39 is 10.0 Å². The molecule has 34 heavy (non-hydrogen) atoms. The van der Waals surface area contributed by atoms with Gasteiger partial charge in [0.05, 0.1) is 17.0 Å². The van der Waals surface area contributed by atoms with Crippen LogP contribution in [0.1, 0.15) is 75.8 Å². The molecule has 0 bridgehead atoms. The van der Waals surface area contributed by atoms with E-state index in [4.69, 9.17) is 16.3 Å². The fourth-order valence-corrected chi connectivity index (χ4v) is 8.56. The average Bonchev–Trinajstić information content (AvgIpc) is 3.04. The fraction of sp³-hybridized carbons (Fsp3) is 0.720. The Balaban J connectivity index is 1.21. The van der Waals surface area contributed by atoms with Gasteiger partial charge in [0.1, 0.15) is 6.61 Å². The number of sulfonamides is 1. The highest BCUT2D eigenvalue weighted by molar-refractivity contribution is 7.89. The Hall–Kier alpha value is -1.35. The molecule has 9 heteroatoms. The van der Waals surface area contributed by atoms with Gasteiger partial charge in [0.25, 0.3) is 0 Å². The molecule has 0 radical (unpaired) electrons. The van der Waals surface area contributed by atoms with Gasteiger partial charge in [-0.15, -0.1) is 0 Å². The van der Waals surface area contributed by atoms with Crippen LogP contribution in [0.3, 0.4) is 0 Å². The van der Waals surface area contributed by atoms with Crippen LogP contribution in [0.2, 0.25) is 5.02 Å². The molecule has 0 aromatic heterocycles. The first-order valence-electron chi connectivity index (χ1n) is 12.9. The Morgan fingerprint density at radius 3 is 2.53 bits per heavy atom. The van der Waals surface area contributed by atoms with Gasteiger partial charge in [0.2, 0.25) is 10.0 Å². The molecule has 3 saturated heterocycles. The van der Waals surface area contributed by atoms with Crippen molar-refractivity contribution < 1.29 is 17.9 Å². The molecule has 4 aliphatic rings. The largest absolute Gasteiger partial charge is 0.448 e. The number of benzene rings is 1. The third-order valence-electron chi connectivity index (χ3n) is 8.03. The van der Waals surface area contributed by atoms with Crippen LogP contribution in [0.25, 0.3) is 0 Å². The smallest absolute Gasteiger partial charge is 0.409 e. The maximum Gasteiger partial charge on any atom is 0.409 e. The van der Waals surface area contributed by atoms with Crippen molar-refractivity contribution >= 4 is 27.7 Å². The van der Waals surface area contributed by atoms with E-state index in [2.05, 4.69) is 4.90 Å². The molecule has 4 heterocycles. The lowest BCUT2D eigenvalue weighted by Crippen LogP contribution is -2.51. The van der Waals surface area contributed by atoms with Crippen LogP contribution in [-0.2, 0) is 14.8 Å². The van der Waals surface area contributed by atoms with Crippen molar-refractivity contribution in [2.75, 3.05) is 32.8 Å². The number of ether oxygens (including phenoxy) is 1. The second kappa shape index (κ2) is 10.3. The molecule has 1 aromatic carbocycles. The van der Waals surface area contributed by atoms with Gasteiger partial charge < -0.3 is 9.64 Å². The van der Waals surface area contributed by atoms with E-state index in [1.807, 2.05) is 4.90 Å². The fourth-order valence-electron chi connectivity index (χ4n) is 6.31. The van der Waals surface area contributed by atoms with Gasteiger partial charge in [-0.1, -0.05) is 30.9 Å². The number of hydrogen-bond donors (Lipinski definition) is 0. The zero-order valence-electron chi connectivity index (χ0n) is 19.8. The first kappa shape index (κ1) is 24.3. The van der Waals surface area contributed by atoms with Gasteiger partial charge in [-0.3, -0.25) is 4.90 Å². The van der Waals surface area contributed by atoms with E-state index in [1.165, 1.54) is 32.1 Å². The maximum atomic E-state index is 13.3. The standard InChI is InChI=1S/C25H36ClN3O4S/c26-19-11-12-24-22(16-19)23-10-6-8-21(29(23)34(24,31)32)18-33-25(30)28-15-7-9-20(17-28)27-13-4-2-1-3-5-14-27/h11-12,16,20-21,23H,1-10,13-15,17-18H2/t20?,21-,23+/m1/s1. The summed E-state index contributed by atoms with van der Waals surface area (Å²) in [5.74, 6) is 0. The van der Waals surface area contributed by atoms with Crippen LogP contribution >= 0.6 is 11.6 Å². The second-order valence-corrected chi connectivity index (χ2v) is 12.5. The molecule has 0 aliphatic carbocycles. The van der Waals surface area contributed by atoms with E-state index >= 15 is 0 Å². The lowest BCUT2D eigenvalue weighted by molar-refractivity contribution is 0.0425. The molecule has 1 aromatic rings. The number of fused-ring (bicyclic) bond motifs is 3. The summed E-state index contributed by atoms with van der Waals surface area (Å²) >= 11 is 6.17. The van der Waals surface area contributed by atoms with Gasteiger partial charge in [-0.05, 0) is 81.8 Å². The zero-order chi connectivity index (χ0) is 23.7. The monoisotopic (exact) mass is 509 g/mol. The number of amides is 1. The topological polar surface area (TPSA) is 70.2 Å². The van der Waals surface area contributed by atoms with Crippen molar-refractivity contribution in [3.8, 4) is 0 Å². The van der Waals surface area contributed by atoms with Crippen molar-refractivity contribution in [3.63, 3.8) is 0 Å². The van der Waals surface area contributed by atoms with E-state index in [1.54, 1.807) is 22.5 Å². The second-order valence-electron chi connectivity index (χ2n) is 10.2. The molecule has 188 valence electrons. The third-order valence-corrected chi connectivity index (χ3v) is 10.3. The molecule has 3 fully saturated rings. The predicted octanol–water partition coefficient (Wildman–Crippen LogP) is 4.81. The van der Waals surface area contributed by atoms with Crippen molar-refractivity contribution in [2.45, 2.75) is 87.2 Å². The number of rotatable bonds is 3. The first-order chi connectivity index (χ1) is 16.4. The van der Waals surface area contributed by atoms with Gasteiger partial charge in [-0.2, -0.15) is 4.31 Å². The highest BCUT2D eigenvalue weighted by Gasteiger charge is 2.48. The SMILES string of the molecule is O=C(OC[C@H]1CCC[C@H]2c3cc(Cl)ccc3S(=O)(=O)N12)N1CCCC(N2CCCCCCC2)C1. The molecular weight excluding hydrogens is 474 g/mol. The van der Waals surface area contributed by atoms with Gasteiger partial charge >= 0.3 is 6.09 Å². The number of halogens is 1. The van der Waals surface area contributed by atoms with Crippen LogP contribution in [-0.4, -0.2) is 73.5 Å². The summed E-state index contributed by atoms with van der Waals surface area (Å²) in [6.07, 6.45) is 10.6. The van der Waals surface area contributed by atoms with Crippen molar-refractivity contribution in [1.29, 1.82) is 0 Å². The summed E-state index contributed by atoms with van der Waals surface area (Å²) in [4.78, 5) is 17.8. The Kier molecular flexibility index (Phi) is 7.40. The number of nitrogens with zero attached hydrogens (tertiary/aromatic N) is 3. The summed E-state index contributed by atoms with van der Waals surface area (Å²) in [5, 5.41) is 0.545. The maximum absolute atomic E-state index is 13.3. The number of carbonyl (C=O) groups is 1. The summed E-state index contributed by atoms with van der Waals surface area (Å²) in [6.45, 7) is 3.75. The highest BCUT2D eigenvalue weighted by Crippen LogP contribution is 2.47. The summed E-state index contributed by atoms with van der Waals surface area (Å²) < 4.78 is 33.9. The van der Waals surface area contributed by atoms with E-state index in [0.717, 1.165) is 44.3 Å². The lowest BCUT2D eigenvalue weighted by atomic mass is 9.94. The predicted molar refractivity (Wildman–Crippen MR) is 131 cm³/mol. The van der Waals surface area contributed by atoms with Crippen molar-refractivity contribution in [3.05, 3.63) is 28.8 Å². The van der Waals surface area contributed by atoms with Crippen LogP contribution in [0.5, 0.6) is 0 Å². The quantitative estimate of drug-likeness (QED) is 0.585. The minimum absolute atomic E-state index is 0.0984.